The third-order valence-corrected chi connectivity index (χ3v) is 5.15. The average molecular weight is 314 g/mol. The molecule has 1 aromatic rings. The second kappa shape index (κ2) is 4.18. The van der Waals surface area contributed by atoms with Crippen LogP contribution in [0.15, 0.2) is 15.7 Å². The normalized spacial score (nSPS) is 18.1. The highest BCUT2D eigenvalue weighted by Gasteiger charge is 2.64. The molecule has 0 radical (unpaired) electrons. The molecule has 5 nitrogen and oxygen atoms in total. The van der Waals surface area contributed by atoms with Crippen LogP contribution in [0.25, 0.3) is 0 Å². The van der Waals surface area contributed by atoms with Gasteiger partial charge < -0.3 is 5.32 Å². The van der Waals surface area contributed by atoms with Crippen molar-refractivity contribution in [3.63, 3.8) is 0 Å². The van der Waals surface area contributed by atoms with Crippen LogP contribution in [0.3, 0.4) is 0 Å². The van der Waals surface area contributed by atoms with Gasteiger partial charge in [0.05, 0.1) is 5.56 Å². The molecular weight excluding hydrogens is 305 g/mol. The molecule has 0 atom stereocenters. The SMILES string of the molecule is NS(=O)(=O)c1cc(C(=O)NC2(C(F)(F)F)CC2)cs1. The Hall–Kier alpha value is -1.13. The molecule has 0 aromatic carbocycles. The number of hydrogen-bond donors (Lipinski definition) is 2. The molecule has 0 bridgehead atoms. The molecule has 1 aliphatic carbocycles. The highest BCUT2D eigenvalue weighted by Crippen LogP contribution is 2.49. The van der Waals surface area contributed by atoms with Crippen molar-refractivity contribution in [3.05, 3.63) is 17.0 Å². The average Bonchev–Trinajstić information content (AvgIpc) is 2.85. The van der Waals surface area contributed by atoms with E-state index in [0.29, 0.717) is 11.3 Å². The van der Waals surface area contributed by atoms with E-state index in [9.17, 15) is 26.4 Å². The highest BCUT2D eigenvalue weighted by atomic mass is 32.2. The van der Waals surface area contributed by atoms with Gasteiger partial charge in [-0.1, -0.05) is 0 Å². The van der Waals surface area contributed by atoms with Gasteiger partial charge in [-0.3, -0.25) is 4.79 Å². The molecular formula is C9H9F3N2O3S2. The lowest BCUT2D eigenvalue weighted by Gasteiger charge is -2.20. The van der Waals surface area contributed by atoms with Crippen LogP contribution in [0.4, 0.5) is 13.2 Å². The number of nitrogens with one attached hydrogen (secondary N) is 1. The van der Waals surface area contributed by atoms with Gasteiger partial charge in [0.1, 0.15) is 9.75 Å². The fourth-order valence-electron chi connectivity index (χ4n) is 1.48. The first kappa shape index (κ1) is 14.3. The van der Waals surface area contributed by atoms with Crippen molar-refractivity contribution in [2.24, 2.45) is 5.14 Å². The van der Waals surface area contributed by atoms with Crippen molar-refractivity contribution < 1.29 is 26.4 Å². The summed E-state index contributed by atoms with van der Waals surface area (Å²) in [6, 6.07) is 0.960. The zero-order chi connectivity index (χ0) is 14.5. The summed E-state index contributed by atoms with van der Waals surface area (Å²) < 4.78 is 59.7. The molecule has 1 aromatic heterocycles. The van der Waals surface area contributed by atoms with Gasteiger partial charge in [-0.15, -0.1) is 11.3 Å². The predicted molar refractivity (Wildman–Crippen MR) is 61.2 cm³/mol. The Morgan fingerprint density at radius 3 is 2.37 bits per heavy atom. The van der Waals surface area contributed by atoms with Crippen molar-refractivity contribution in [2.75, 3.05) is 0 Å². The van der Waals surface area contributed by atoms with Gasteiger partial charge in [0.25, 0.3) is 5.91 Å². The van der Waals surface area contributed by atoms with Gasteiger partial charge in [0.2, 0.25) is 10.0 Å². The van der Waals surface area contributed by atoms with Gasteiger partial charge in [-0.05, 0) is 18.9 Å². The summed E-state index contributed by atoms with van der Waals surface area (Å²) in [7, 11) is -3.96. The van der Waals surface area contributed by atoms with Gasteiger partial charge in [-0.25, -0.2) is 13.6 Å². The van der Waals surface area contributed by atoms with E-state index < -0.39 is 27.6 Å². The number of hydrogen-bond acceptors (Lipinski definition) is 4. The van der Waals surface area contributed by atoms with E-state index in [1.165, 1.54) is 0 Å². The lowest BCUT2D eigenvalue weighted by Crippen LogP contribution is -2.47. The number of carbonyl (C=O) groups excluding carboxylic acids is 1. The third-order valence-electron chi connectivity index (χ3n) is 2.76. The molecule has 106 valence electrons. The number of thiophene rings is 1. The monoisotopic (exact) mass is 314 g/mol. The molecule has 1 saturated carbocycles. The molecule has 0 saturated heterocycles. The maximum atomic E-state index is 12.6. The fourth-order valence-corrected chi connectivity index (χ4v) is 3.06. The molecule has 2 rings (SSSR count). The molecule has 0 unspecified atom stereocenters. The van der Waals surface area contributed by atoms with Gasteiger partial charge >= 0.3 is 6.18 Å². The predicted octanol–water partition coefficient (Wildman–Crippen LogP) is 1.22. The van der Waals surface area contributed by atoms with E-state index in [0.717, 1.165) is 11.4 Å². The zero-order valence-electron chi connectivity index (χ0n) is 9.32. The third kappa shape index (κ3) is 2.74. The largest absolute Gasteiger partial charge is 0.411 e. The van der Waals surface area contributed by atoms with E-state index in [1.54, 1.807) is 0 Å². The standard InChI is InChI=1S/C9H9F3N2O3S2/c10-9(11,12)8(1-2-8)14-7(15)5-3-6(18-4-5)19(13,16)17/h3-4H,1-2H2,(H,14,15)(H2,13,16,17). The van der Waals surface area contributed by atoms with Crippen LogP contribution in [0.2, 0.25) is 0 Å². The Morgan fingerprint density at radius 2 is 2.00 bits per heavy atom. The fraction of sp³-hybridized carbons (Fsp3) is 0.444. The van der Waals surface area contributed by atoms with E-state index in [4.69, 9.17) is 5.14 Å². The number of alkyl halides is 3. The highest BCUT2D eigenvalue weighted by molar-refractivity contribution is 7.91. The molecule has 1 fully saturated rings. The van der Waals surface area contributed by atoms with E-state index >= 15 is 0 Å². The van der Waals surface area contributed by atoms with Gasteiger partial charge in [0.15, 0.2) is 0 Å². The Morgan fingerprint density at radius 1 is 1.42 bits per heavy atom. The first-order valence-electron chi connectivity index (χ1n) is 5.06. The summed E-state index contributed by atoms with van der Waals surface area (Å²) >= 11 is 0.684. The van der Waals surface area contributed by atoms with Crippen LogP contribution in [0.5, 0.6) is 0 Å². The molecule has 1 aliphatic rings. The Kier molecular flexibility index (Phi) is 3.14. The molecule has 10 heteroatoms. The topological polar surface area (TPSA) is 89.3 Å². The summed E-state index contributed by atoms with van der Waals surface area (Å²) in [5.74, 6) is -0.957. The van der Waals surface area contributed by atoms with E-state index in [-0.39, 0.29) is 22.6 Å². The number of halogens is 3. The summed E-state index contributed by atoms with van der Waals surface area (Å²) in [5, 5.41) is 7.90. The molecule has 0 spiro atoms. The zero-order valence-corrected chi connectivity index (χ0v) is 11.0. The van der Waals surface area contributed by atoms with Crippen LogP contribution in [0, 0.1) is 0 Å². The number of sulfonamides is 1. The molecule has 1 amide bonds. The lowest BCUT2D eigenvalue weighted by molar-refractivity contribution is -0.163. The van der Waals surface area contributed by atoms with Crippen molar-refractivity contribution in [2.45, 2.75) is 28.8 Å². The summed E-state index contributed by atoms with van der Waals surface area (Å²) in [4.78, 5) is 11.6. The molecule has 1 heterocycles. The molecule has 3 N–H and O–H groups in total. The van der Waals surface area contributed by atoms with Crippen LogP contribution in [0.1, 0.15) is 23.2 Å². The Labute approximate surface area is 110 Å². The molecule has 0 aliphatic heterocycles. The maximum absolute atomic E-state index is 12.6. The van der Waals surface area contributed by atoms with Crippen LogP contribution in [-0.4, -0.2) is 26.0 Å². The maximum Gasteiger partial charge on any atom is 0.411 e. The lowest BCUT2D eigenvalue weighted by atomic mass is 10.2. The first-order chi connectivity index (χ1) is 8.55. The van der Waals surface area contributed by atoms with Gasteiger partial charge in [0, 0.05) is 5.38 Å². The Bertz CT molecular complexity index is 617. The number of nitrogens with two attached hydrogens (primary N) is 1. The number of amides is 1. The summed E-state index contributed by atoms with van der Waals surface area (Å²) in [5.41, 5.74) is -2.32. The second-order valence-corrected chi connectivity index (χ2v) is 6.93. The van der Waals surface area contributed by atoms with E-state index in [1.807, 2.05) is 5.32 Å². The van der Waals surface area contributed by atoms with E-state index in [2.05, 4.69) is 0 Å². The minimum absolute atomic E-state index is 0.149. The van der Waals surface area contributed by atoms with Crippen molar-refractivity contribution in [3.8, 4) is 0 Å². The number of rotatable bonds is 3. The smallest absolute Gasteiger partial charge is 0.338 e. The van der Waals surface area contributed by atoms with Crippen molar-refractivity contribution >= 4 is 27.3 Å². The summed E-state index contributed by atoms with van der Waals surface area (Å²) in [6.07, 6.45) is -4.86. The minimum atomic E-state index is -4.51. The first-order valence-corrected chi connectivity index (χ1v) is 7.48. The van der Waals surface area contributed by atoms with Crippen LogP contribution < -0.4 is 10.5 Å². The summed E-state index contributed by atoms with van der Waals surface area (Å²) in [6.45, 7) is 0. The van der Waals surface area contributed by atoms with Crippen molar-refractivity contribution in [1.29, 1.82) is 0 Å². The second-order valence-electron chi connectivity index (χ2n) is 4.23. The quantitative estimate of drug-likeness (QED) is 0.879. The van der Waals surface area contributed by atoms with Crippen LogP contribution in [-0.2, 0) is 10.0 Å². The number of primary sulfonamides is 1. The van der Waals surface area contributed by atoms with Crippen molar-refractivity contribution in [1.82, 2.24) is 5.32 Å². The Balaban J connectivity index is 2.16. The number of carbonyl (C=O) groups is 1. The van der Waals surface area contributed by atoms with Crippen LogP contribution >= 0.6 is 11.3 Å². The van der Waals surface area contributed by atoms with Gasteiger partial charge in [-0.2, -0.15) is 13.2 Å². The minimum Gasteiger partial charge on any atom is -0.338 e. The molecule has 19 heavy (non-hydrogen) atoms.